The van der Waals surface area contributed by atoms with Crippen molar-refractivity contribution in [2.75, 3.05) is 5.32 Å². The fourth-order valence-electron chi connectivity index (χ4n) is 2.10. The molecule has 22 heavy (non-hydrogen) atoms. The van der Waals surface area contributed by atoms with E-state index in [1.807, 2.05) is 43.7 Å². The number of aromatic nitrogens is 3. The largest absolute Gasteiger partial charge is 0.444 e. The highest BCUT2D eigenvalue weighted by Crippen LogP contribution is 2.39. The second-order valence-corrected chi connectivity index (χ2v) is 6.49. The molecule has 0 bridgehead atoms. The van der Waals surface area contributed by atoms with Crippen molar-refractivity contribution in [1.29, 1.82) is 0 Å². The van der Waals surface area contributed by atoms with Crippen molar-refractivity contribution < 1.29 is 9.53 Å². The maximum atomic E-state index is 11.8. The van der Waals surface area contributed by atoms with Crippen molar-refractivity contribution in [3.8, 4) is 5.82 Å². The zero-order valence-electron chi connectivity index (χ0n) is 13.0. The lowest BCUT2D eigenvalue weighted by molar-refractivity contribution is 0.0635. The van der Waals surface area contributed by atoms with Gasteiger partial charge in [-0.2, -0.15) is 0 Å². The van der Waals surface area contributed by atoms with Crippen LogP contribution in [0.2, 0.25) is 0 Å². The van der Waals surface area contributed by atoms with E-state index in [1.54, 1.807) is 12.4 Å². The molecule has 0 unspecified atom stereocenters. The number of carbonyl (C=O) groups excluding carboxylic acids is 1. The monoisotopic (exact) mass is 300 g/mol. The maximum Gasteiger partial charge on any atom is 0.413 e. The van der Waals surface area contributed by atoms with Crippen LogP contribution in [0.5, 0.6) is 0 Å². The molecule has 1 amide bonds. The Morgan fingerprint density at radius 3 is 2.82 bits per heavy atom. The van der Waals surface area contributed by atoms with Crippen molar-refractivity contribution in [2.45, 2.75) is 45.1 Å². The molecule has 2 heterocycles. The summed E-state index contributed by atoms with van der Waals surface area (Å²) in [5, 5.41) is 2.64. The van der Waals surface area contributed by atoms with Gasteiger partial charge in [-0.25, -0.2) is 14.8 Å². The van der Waals surface area contributed by atoms with Crippen LogP contribution < -0.4 is 5.32 Å². The molecule has 1 fully saturated rings. The highest BCUT2D eigenvalue weighted by Gasteiger charge is 2.26. The van der Waals surface area contributed by atoms with Crippen molar-refractivity contribution in [2.24, 2.45) is 0 Å². The summed E-state index contributed by atoms with van der Waals surface area (Å²) < 4.78 is 7.09. The SMILES string of the molecule is CC(C)(C)OC(=O)Nc1cccc(-n2cnc(C3CC3)c2)n1. The first-order valence-electron chi connectivity index (χ1n) is 7.42. The van der Waals surface area contributed by atoms with E-state index < -0.39 is 11.7 Å². The number of nitrogens with one attached hydrogen (secondary N) is 1. The molecule has 1 saturated carbocycles. The number of pyridine rings is 1. The predicted octanol–water partition coefficient (Wildman–Crippen LogP) is 3.49. The zero-order chi connectivity index (χ0) is 15.7. The molecule has 0 radical (unpaired) electrons. The van der Waals surface area contributed by atoms with E-state index in [9.17, 15) is 4.79 Å². The molecule has 6 heteroatoms. The fourth-order valence-corrected chi connectivity index (χ4v) is 2.10. The minimum atomic E-state index is -0.537. The van der Waals surface area contributed by atoms with Crippen LogP contribution in [0.1, 0.15) is 45.2 Å². The maximum absolute atomic E-state index is 11.8. The minimum absolute atomic E-state index is 0.452. The summed E-state index contributed by atoms with van der Waals surface area (Å²) in [6.45, 7) is 5.46. The molecule has 0 saturated heterocycles. The van der Waals surface area contributed by atoms with Gasteiger partial charge >= 0.3 is 6.09 Å². The third-order valence-electron chi connectivity index (χ3n) is 3.23. The summed E-state index contributed by atoms with van der Waals surface area (Å²) in [4.78, 5) is 20.6. The number of carbonyl (C=O) groups is 1. The summed E-state index contributed by atoms with van der Waals surface area (Å²) in [5.74, 6) is 1.77. The van der Waals surface area contributed by atoms with E-state index in [2.05, 4.69) is 15.3 Å². The molecule has 1 N–H and O–H groups in total. The quantitative estimate of drug-likeness (QED) is 0.942. The highest BCUT2D eigenvalue weighted by atomic mass is 16.6. The summed E-state index contributed by atoms with van der Waals surface area (Å²) in [7, 11) is 0. The van der Waals surface area contributed by atoms with Crippen LogP contribution in [-0.4, -0.2) is 26.2 Å². The first-order chi connectivity index (χ1) is 10.4. The van der Waals surface area contributed by atoms with Crippen LogP contribution in [-0.2, 0) is 4.74 Å². The van der Waals surface area contributed by atoms with Crippen LogP contribution in [0.3, 0.4) is 0 Å². The van der Waals surface area contributed by atoms with Crippen molar-refractivity contribution in [1.82, 2.24) is 14.5 Å². The average molecular weight is 300 g/mol. The Hall–Kier alpha value is -2.37. The molecule has 0 aliphatic heterocycles. The molecule has 1 aliphatic rings. The predicted molar refractivity (Wildman–Crippen MR) is 83.2 cm³/mol. The summed E-state index contributed by atoms with van der Waals surface area (Å²) in [5.41, 5.74) is 0.567. The van der Waals surface area contributed by atoms with E-state index in [0.29, 0.717) is 17.6 Å². The first kappa shape index (κ1) is 14.6. The second-order valence-electron chi connectivity index (χ2n) is 6.49. The fraction of sp³-hybridized carbons (Fsp3) is 0.438. The van der Waals surface area contributed by atoms with E-state index >= 15 is 0 Å². The van der Waals surface area contributed by atoms with E-state index in [1.165, 1.54) is 12.8 Å². The van der Waals surface area contributed by atoms with Gasteiger partial charge in [0.05, 0.1) is 5.69 Å². The third-order valence-corrected chi connectivity index (χ3v) is 3.23. The summed E-state index contributed by atoms with van der Waals surface area (Å²) in [6, 6.07) is 5.44. The van der Waals surface area contributed by atoms with Gasteiger partial charge in [-0.1, -0.05) is 6.07 Å². The standard InChI is InChI=1S/C16H20N4O2/c1-16(2,3)22-15(21)19-13-5-4-6-14(18-13)20-9-12(17-10-20)11-7-8-11/h4-6,9-11H,7-8H2,1-3H3,(H,18,19,21). The summed E-state index contributed by atoms with van der Waals surface area (Å²) >= 11 is 0. The van der Waals surface area contributed by atoms with Gasteiger partial charge in [0.25, 0.3) is 0 Å². The van der Waals surface area contributed by atoms with Crippen LogP contribution in [0.4, 0.5) is 10.6 Å². The smallest absolute Gasteiger partial charge is 0.413 e. The molecule has 2 aromatic rings. The topological polar surface area (TPSA) is 69.0 Å². The number of ether oxygens (including phenoxy) is 1. The molecule has 0 aromatic carbocycles. The number of anilines is 1. The van der Waals surface area contributed by atoms with Crippen molar-refractivity contribution in [3.63, 3.8) is 0 Å². The van der Waals surface area contributed by atoms with Gasteiger partial charge in [0.15, 0.2) is 0 Å². The second kappa shape index (κ2) is 5.44. The lowest BCUT2D eigenvalue weighted by atomic mass is 10.2. The van der Waals surface area contributed by atoms with Crippen molar-refractivity contribution >= 4 is 11.9 Å². The number of imidazole rings is 1. The Labute approximate surface area is 129 Å². The van der Waals surface area contributed by atoms with Crippen LogP contribution in [0.15, 0.2) is 30.7 Å². The van der Waals surface area contributed by atoms with Crippen molar-refractivity contribution in [3.05, 3.63) is 36.4 Å². The van der Waals surface area contributed by atoms with Gasteiger partial charge in [-0.05, 0) is 45.7 Å². The first-order valence-corrected chi connectivity index (χ1v) is 7.42. The van der Waals surface area contributed by atoms with Crippen LogP contribution in [0, 0.1) is 0 Å². The minimum Gasteiger partial charge on any atom is -0.444 e. The Morgan fingerprint density at radius 1 is 1.36 bits per heavy atom. The molecule has 0 spiro atoms. The van der Waals surface area contributed by atoms with Gasteiger partial charge < -0.3 is 4.74 Å². The molecule has 116 valence electrons. The van der Waals surface area contributed by atoms with Gasteiger partial charge in [0, 0.05) is 12.1 Å². The number of hydrogen-bond acceptors (Lipinski definition) is 4. The molecule has 3 rings (SSSR count). The Kier molecular flexibility index (Phi) is 3.60. The number of hydrogen-bond donors (Lipinski definition) is 1. The van der Waals surface area contributed by atoms with Gasteiger partial charge in [-0.3, -0.25) is 9.88 Å². The Balaban J connectivity index is 1.72. The number of rotatable bonds is 3. The third kappa shape index (κ3) is 3.63. The summed E-state index contributed by atoms with van der Waals surface area (Å²) in [6.07, 6.45) is 5.67. The lowest BCUT2D eigenvalue weighted by Gasteiger charge is -2.19. The molecule has 0 atom stereocenters. The number of amides is 1. The van der Waals surface area contributed by atoms with Crippen LogP contribution in [0.25, 0.3) is 5.82 Å². The molecule has 1 aliphatic carbocycles. The Morgan fingerprint density at radius 2 is 2.14 bits per heavy atom. The molecule has 2 aromatic heterocycles. The van der Waals surface area contributed by atoms with E-state index in [0.717, 1.165) is 5.69 Å². The van der Waals surface area contributed by atoms with E-state index in [4.69, 9.17) is 4.74 Å². The van der Waals surface area contributed by atoms with Crippen LogP contribution >= 0.6 is 0 Å². The highest BCUT2D eigenvalue weighted by molar-refractivity contribution is 5.83. The average Bonchev–Trinajstić information content (AvgIpc) is 3.14. The lowest BCUT2D eigenvalue weighted by Crippen LogP contribution is -2.27. The molecular weight excluding hydrogens is 280 g/mol. The van der Waals surface area contributed by atoms with Gasteiger partial charge in [-0.15, -0.1) is 0 Å². The van der Waals surface area contributed by atoms with Gasteiger partial charge in [0.1, 0.15) is 23.6 Å². The van der Waals surface area contributed by atoms with Gasteiger partial charge in [0.2, 0.25) is 0 Å². The molecule has 6 nitrogen and oxygen atoms in total. The molecular formula is C16H20N4O2. The Bertz CT molecular complexity index is 683. The number of nitrogens with zero attached hydrogens (tertiary/aromatic N) is 3. The zero-order valence-corrected chi connectivity index (χ0v) is 13.0. The normalized spacial score (nSPS) is 14.7. The van der Waals surface area contributed by atoms with E-state index in [-0.39, 0.29) is 0 Å².